The normalized spacial score (nSPS) is 9.86. The number of rotatable bonds is 3. The quantitative estimate of drug-likeness (QED) is 0.602. The van der Waals surface area contributed by atoms with E-state index in [2.05, 4.69) is 4.98 Å². The molecule has 0 fully saturated rings. The number of hydrogen-bond donors (Lipinski definition) is 1. The first-order valence-electron chi connectivity index (χ1n) is 4.00. The molecule has 0 atom stereocenters. The van der Waals surface area contributed by atoms with Crippen molar-refractivity contribution in [2.45, 2.75) is 13.8 Å². The highest BCUT2D eigenvalue weighted by Gasteiger charge is 2.20. The number of nitrogens with zero attached hydrogens (tertiary/aromatic N) is 1. The standard InChI is InChI=1S/C8H10N2O3S/c1-3-13-7(12)5-6(4(2)11)14-8(9)10-5/h3H2,1-2H3,(H2,9,10). The van der Waals surface area contributed by atoms with Gasteiger partial charge in [-0.15, -0.1) is 0 Å². The van der Waals surface area contributed by atoms with Crippen molar-refractivity contribution in [3.8, 4) is 0 Å². The second-order valence-electron chi connectivity index (χ2n) is 2.51. The zero-order chi connectivity index (χ0) is 10.7. The summed E-state index contributed by atoms with van der Waals surface area (Å²) in [6.07, 6.45) is 0. The van der Waals surface area contributed by atoms with Crippen LogP contribution in [0.4, 0.5) is 5.13 Å². The molecule has 0 bridgehead atoms. The van der Waals surface area contributed by atoms with Crippen molar-refractivity contribution in [2.24, 2.45) is 0 Å². The fourth-order valence-corrected chi connectivity index (χ4v) is 1.63. The molecular formula is C8H10N2O3S. The van der Waals surface area contributed by atoms with Crippen molar-refractivity contribution in [3.63, 3.8) is 0 Å². The van der Waals surface area contributed by atoms with E-state index in [0.717, 1.165) is 11.3 Å². The number of hydrogen-bond acceptors (Lipinski definition) is 6. The van der Waals surface area contributed by atoms with Crippen LogP contribution in [0.3, 0.4) is 0 Å². The van der Waals surface area contributed by atoms with E-state index in [4.69, 9.17) is 10.5 Å². The molecule has 14 heavy (non-hydrogen) atoms. The van der Waals surface area contributed by atoms with Crippen LogP contribution in [0, 0.1) is 0 Å². The van der Waals surface area contributed by atoms with Gasteiger partial charge in [0.05, 0.1) is 6.61 Å². The van der Waals surface area contributed by atoms with E-state index >= 15 is 0 Å². The molecule has 2 N–H and O–H groups in total. The molecule has 1 aromatic rings. The summed E-state index contributed by atoms with van der Waals surface area (Å²) in [6.45, 7) is 3.28. The SMILES string of the molecule is CCOC(=O)c1nc(N)sc1C(C)=O. The van der Waals surface area contributed by atoms with Crippen LogP contribution >= 0.6 is 11.3 Å². The highest BCUT2D eigenvalue weighted by molar-refractivity contribution is 7.17. The molecule has 1 aromatic heterocycles. The Morgan fingerprint density at radius 2 is 2.21 bits per heavy atom. The summed E-state index contributed by atoms with van der Waals surface area (Å²) in [4.78, 5) is 26.4. The molecule has 0 aliphatic carbocycles. The molecule has 6 heteroatoms. The number of aromatic nitrogens is 1. The fourth-order valence-electron chi connectivity index (χ4n) is 0.913. The predicted molar refractivity (Wildman–Crippen MR) is 52.5 cm³/mol. The van der Waals surface area contributed by atoms with Gasteiger partial charge in [-0.25, -0.2) is 9.78 Å². The molecule has 0 saturated carbocycles. The number of carbonyl (C=O) groups is 2. The number of thiazole rings is 1. The third-order valence-corrected chi connectivity index (χ3v) is 2.42. The third-order valence-electron chi connectivity index (χ3n) is 1.43. The van der Waals surface area contributed by atoms with Gasteiger partial charge < -0.3 is 10.5 Å². The van der Waals surface area contributed by atoms with Gasteiger partial charge in [0.1, 0.15) is 4.88 Å². The lowest BCUT2D eigenvalue weighted by atomic mass is 10.3. The molecule has 76 valence electrons. The zero-order valence-electron chi connectivity index (χ0n) is 7.86. The molecule has 5 nitrogen and oxygen atoms in total. The van der Waals surface area contributed by atoms with Crippen LogP contribution in [-0.4, -0.2) is 23.3 Å². The summed E-state index contributed by atoms with van der Waals surface area (Å²) in [5, 5.41) is 0.193. The number of ether oxygens (including phenoxy) is 1. The largest absolute Gasteiger partial charge is 0.461 e. The molecule has 0 unspecified atom stereocenters. The lowest BCUT2D eigenvalue weighted by Crippen LogP contribution is -2.09. The van der Waals surface area contributed by atoms with Gasteiger partial charge in [-0.1, -0.05) is 11.3 Å². The van der Waals surface area contributed by atoms with Crippen molar-refractivity contribution < 1.29 is 14.3 Å². The van der Waals surface area contributed by atoms with E-state index in [0.29, 0.717) is 0 Å². The van der Waals surface area contributed by atoms with Crippen LogP contribution in [0.2, 0.25) is 0 Å². The number of nitrogen functional groups attached to an aromatic ring is 1. The van der Waals surface area contributed by atoms with Crippen LogP contribution in [0.1, 0.15) is 34.0 Å². The Balaban J connectivity index is 3.06. The van der Waals surface area contributed by atoms with Crippen molar-refractivity contribution in [1.82, 2.24) is 4.98 Å². The number of esters is 1. The smallest absolute Gasteiger partial charge is 0.358 e. The minimum Gasteiger partial charge on any atom is -0.461 e. The molecule has 0 saturated heterocycles. The molecule has 0 aromatic carbocycles. The fraction of sp³-hybridized carbons (Fsp3) is 0.375. The maximum Gasteiger partial charge on any atom is 0.358 e. The van der Waals surface area contributed by atoms with Crippen molar-refractivity contribution in [3.05, 3.63) is 10.6 Å². The summed E-state index contributed by atoms with van der Waals surface area (Å²) >= 11 is 0.993. The van der Waals surface area contributed by atoms with Gasteiger partial charge in [0.25, 0.3) is 0 Å². The maximum atomic E-state index is 11.3. The van der Waals surface area contributed by atoms with Crippen LogP contribution in [0.15, 0.2) is 0 Å². The summed E-state index contributed by atoms with van der Waals surface area (Å²) in [5.41, 5.74) is 5.41. The minimum absolute atomic E-state index is 0.0156. The topological polar surface area (TPSA) is 82.3 Å². The van der Waals surface area contributed by atoms with Gasteiger partial charge in [0, 0.05) is 6.92 Å². The second-order valence-corrected chi connectivity index (χ2v) is 3.54. The maximum absolute atomic E-state index is 11.3. The predicted octanol–water partition coefficient (Wildman–Crippen LogP) is 1.10. The number of nitrogens with two attached hydrogens (primary N) is 1. The molecular weight excluding hydrogens is 204 g/mol. The van der Waals surface area contributed by atoms with Gasteiger partial charge in [-0.3, -0.25) is 4.79 Å². The van der Waals surface area contributed by atoms with Crippen molar-refractivity contribution >= 4 is 28.2 Å². The Morgan fingerprint density at radius 3 is 2.71 bits per heavy atom. The van der Waals surface area contributed by atoms with E-state index in [1.807, 2.05) is 0 Å². The summed E-state index contributed by atoms with van der Waals surface area (Å²) in [7, 11) is 0. The van der Waals surface area contributed by atoms with Gasteiger partial charge in [0.15, 0.2) is 16.6 Å². The Bertz CT molecular complexity index is 373. The van der Waals surface area contributed by atoms with Gasteiger partial charge >= 0.3 is 5.97 Å². The Kier molecular flexibility index (Phi) is 3.19. The van der Waals surface area contributed by atoms with Gasteiger partial charge in [0.2, 0.25) is 0 Å². The first-order chi connectivity index (χ1) is 6.56. The van der Waals surface area contributed by atoms with Gasteiger partial charge in [-0.05, 0) is 6.92 Å². The molecule has 0 radical (unpaired) electrons. The highest BCUT2D eigenvalue weighted by atomic mass is 32.1. The number of ketones is 1. The van der Waals surface area contributed by atoms with E-state index in [1.54, 1.807) is 6.92 Å². The average molecular weight is 214 g/mol. The monoisotopic (exact) mass is 214 g/mol. The van der Waals surface area contributed by atoms with E-state index in [1.165, 1.54) is 6.92 Å². The first kappa shape index (κ1) is 10.6. The highest BCUT2D eigenvalue weighted by Crippen LogP contribution is 2.21. The van der Waals surface area contributed by atoms with E-state index in [9.17, 15) is 9.59 Å². The Hall–Kier alpha value is -1.43. The van der Waals surface area contributed by atoms with Crippen LogP contribution in [0.25, 0.3) is 0 Å². The minimum atomic E-state index is -0.606. The van der Waals surface area contributed by atoms with Crippen LogP contribution < -0.4 is 5.73 Å². The zero-order valence-corrected chi connectivity index (χ0v) is 8.68. The molecule has 0 aliphatic rings. The van der Waals surface area contributed by atoms with Gasteiger partial charge in [-0.2, -0.15) is 0 Å². The molecule has 0 aliphatic heterocycles. The lowest BCUT2D eigenvalue weighted by Gasteiger charge is -1.98. The Morgan fingerprint density at radius 1 is 1.57 bits per heavy atom. The number of anilines is 1. The summed E-state index contributed by atoms with van der Waals surface area (Å²) in [5.74, 6) is -0.840. The average Bonchev–Trinajstić information content (AvgIpc) is 2.48. The second kappa shape index (κ2) is 4.19. The van der Waals surface area contributed by atoms with E-state index in [-0.39, 0.29) is 28.1 Å². The molecule has 1 rings (SSSR count). The number of carbonyl (C=O) groups excluding carboxylic acids is 2. The Labute approximate surface area is 84.9 Å². The van der Waals surface area contributed by atoms with E-state index < -0.39 is 5.97 Å². The molecule has 0 spiro atoms. The first-order valence-corrected chi connectivity index (χ1v) is 4.82. The lowest BCUT2D eigenvalue weighted by molar-refractivity contribution is 0.0517. The summed E-state index contributed by atoms with van der Waals surface area (Å²) in [6, 6.07) is 0. The molecule has 0 amide bonds. The number of Topliss-reactive ketones (excluding diaryl/α,β-unsaturated/α-hetero) is 1. The summed E-state index contributed by atoms with van der Waals surface area (Å²) < 4.78 is 4.73. The van der Waals surface area contributed by atoms with Crippen molar-refractivity contribution in [2.75, 3.05) is 12.3 Å². The van der Waals surface area contributed by atoms with Crippen LogP contribution in [0.5, 0.6) is 0 Å². The molecule has 1 heterocycles. The third kappa shape index (κ3) is 2.08. The van der Waals surface area contributed by atoms with Crippen LogP contribution in [-0.2, 0) is 4.74 Å². The van der Waals surface area contributed by atoms with Crippen molar-refractivity contribution in [1.29, 1.82) is 0 Å².